The Hall–Kier alpha value is -1.99. The van der Waals surface area contributed by atoms with Gasteiger partial charge in [-0.1, -0.05) is 48.5 Å². The molecule has 0 bridgehead atoms. The Morgan fingerprint density at radius 1 is 1.06 bits per heavy atom. The van der Waals surface area contributed by atoms with Crippen LogP contribution in [-0.2, 0) is 9.53 Å². The third-order valence-electron chi connectivity index (χ3n) is 6.79. The van der Waals surface area contributed by atoms with E-state index in [2.05, 4.69) is 64.6 Å². The van der Waals surface area contributed by atoms with Gasteiger partial charge in [-0.2, -0.15) is 0 Å². The van der Waals surface area contributed by atoms with E-state index >= 15 is 0 Å². The van der Waals surface area contributed by atoms with Crippen LogP contribution in [0, 0.1) is 5.92 Å². The van der Waals surface area contributed by atoms with Crippen molar-refractivity contribution in [3.05, 3.63) is 60.1 Å². The lowest BCUT2D eigenvalue weighted by atomic mass is 10.1. The maximum absolute atomic E-state index is 11.9. The van der Waals surface area contributed by atoms with Crippen LogP contribution >= 0.6 is 23.4 Å². The first-order chi connectivity index (χ1) is 17.0. The summed E-state index contributed by atoms with van der Waals surface area (Å²) in [5, 5.41) is 0.779. The molecule has 0 amide bonds. The third-order valence-corrected chi connectivity index (χ3v) is 8.15. The molecule has 2 aliphatic heterocycles. The fraction of sp³-hybridized carbons (Fsp3) is 0.464. The van der Waals surface area contributed by atoms with Crippen LogP contribution in [0.5, 0.6) is 0 Å². The molecule has 0 aliphatic carbocycles. The lowest BCUT2D eigenvalue weighted by Gasteiger charge is -2.36. The Kier molecular flexibility index (Phi) is 9.55. The molecule has 0 N–H and O–H groups in total. The zero-order valence-corrected chi connectivity index (χ0v) is 22.2. The van der Waals surface area contributed by atoms with Crippen molar-refractivity contribution in [3.63, 3.8) is 0 Å². The molecule has 0 spiro atoms. The number of esters is 1. The first kappa shape index (κ1) is 26.1. The summed E-state index contributed by atoms with van der Waals surface area (Å²) in [6.07, 6.45) is 4.25. The number of allylic oxidation sites excluding steroid dienone is 1. The van der Waals surface area contributed by atoms with Gasteiger partial charge in [0.2, 0.25) is 0 Å². The number of piperazine rings is 1. The van der Waals surface area contributed by atoms with Crippen LogP contribution in [-0.4, -0.2) is 68.2 Å². The van der Waals surface area contributed by atoms with Gasteiger partial charge in [-0.05, 0) is 55.6 Å². The molecule has 1 unspecified atom stereocenters. The number of rotatable bonds is 11. The van der Waals surface area contributed by atoms with E-state index in [0.29, 0.717) is 18.9 Å². The Morgan fingerprint density at radius 2 is 1.77 bits per heavy atom. The standard InChI is InChI=1S/C28H36ClN3O2S/c1-3-22(2)9-12-28(33)34-20-19-31-17-15-30(16-18-31)13-6-14-32-24-7-4-5-8-26(24)35-27-11-10-23(29)21-25(27)32/h3-5,7-8,10-11,21-22H,1,6,9,12-20H2,2H3. The second kappa shape index (κ2) is 12.8. The van der Waals surface area contributed by atoms with Crippen LogP contribution in [0.1, 0.15) is 26.2 Å². The highest BCUT2D eigenvalue weighted by Gasteiger charge is 2.24. The minimum Gasteiger partial charge on any atom is -0.464 e. The second-order valence-electron chi connectivity index (χ2n) is 9.34. The highest BCUT2D eigenvalue weighted by Crippen LogP contribution is 2.48. The molecule has 0 saturated carbocycles. The molecule has 7 heteroatoms. The van der Waals surface area contributed by atoms with Crippen molar-refractivity contribution in [2.45, 2.75) is 36.0 Å². The van der Waals surface area contributed by atoms with E-state index in [0.717, 1.165) is 63.7 Å². The minimum atomic E-state index is -0.0992. The number of halogens is 1. The molecule has 188 valence electrons. The van der Waals surface area contributed by atoms with Gasteiger partial charge in [0.1, 0.15) is 6.61 Å². The summed E-state index contributed by atoms with van der Waals surface area (Å²) >= 11 is 8.16. The van der Waals surface area contributed by atoms with Gasteiger partial charge in [0.25, 0.3) is 0 Å². The number of benzene rings is 2. The van der Waals surface area contributed by atoms with Gasteiger partial charge in [-0.25, -0.2) is 0 Å². The lowest BCUT2D eigenvalue weighted by molar-refractivity contribution is -0.144. The number of anilines is 2. The van der Waals surface area contributed by atoms with E-state index in [9.17, 15) is 4.79 Å². The fourth-order valence-electron chi connectivity index (χ4n) is 4.56. The molecule has 35 heavy (non-hydrogen) atoms. The molecule has 0 aromatic heterocycles. The van der Waals surface area contributed by atoms with Crippen molar-refractivity contribution >= 4 is 40.7 Å². The van der Waals surface area contributed by atoms with E-state index in [1.54, 1.807) is 0 Å². The van der Waals surface area contributed by atoms with Crippen LogP contribution in [0.3, 0.4) is 0 Å². The van der Waals surface area contributed by atoms with Crippen LogP contribution in [0.4, 0.5) is 11.4 Å². The molecule has 4 rings (SSSR count). The second-order valence-corrected chi connectivity index (χ2v) is 10.9. The largest absolute Gasteiger partial charge is 0.464 e. The Labute approximate surface area is 219 Å². The Balaban J connectivity index is 1.19. The summed E-state index contributed by atoms with van der Waals surface area (Å²) in [5.41, 5.74) is 2.48. The van der Waals surface area contributed by atoms with E-state index in [4.69, 9.17) is 16.3 Å². The topological polar surface area (TPSA) is 36.0 Å². The van der Waals surface area contributed by atoms with Gasteiger partial charge in [0.05, 0.1) is 11.4 Å². The molecule has 2 aromatic rings. The number of carbonyl (C=O) groups is 1. The number of para-hydroxylation sites is 1. The molecule has 1 fully saturated rings. The van der Waals surface area contributed by atoms with Crippen molar-refractivity contribution in [2.75, 3.05) is 57.3 Å². The van der Waals surface area contributed by atoms with Gasteiger partial charge in [-0.3, -0.25) is 9.69 Å². The summed E-state index contributed by atoms with van der Waals surface area (Å²) in [6.45, 7) is 13.3. The number of ether oxygens (including phenoxy) is 1. The summed E-state index contributed by atoms with van der Waals surface area (Å²) in [7, 11) is 0. The first-order valence-corrected chi connectivity index (χ1v) is 13.8. The zero-order valence-electron chi connectivity index (χ0n) is 20.6. The van der Waals surface area contributed by atoms with E-state index in [-0.39, 0.29) is 5.97 Å². The average Bonchev–Trinajstić information content (AvgIpc) is 2.88. The highest BCUT2D eigenvalue weighted by molar-refractivity contribution is 7.99. The molecule has 1 atom stereocenters. The molecule has 1 saturated heterocycles. The molecule has 2 heterocycles. The first-order valence-electron chi connectivity index (χ1n) is 12.6. The molecule has 5 nitrogen and oxygen atoms in total. The highest BCUT2D eigenvalue weighted by atomic mass is 35.5. The van der Waals surface area contributed by atoms with E-state index in [1.165, 1.54) is 21.2 Å². The zero-order chi connectivity index (χ0) is 24.6. The van der Waals surface area contributed by atoms with Gasteiger partial charge in [0, 0.05) is 60.5 Å². The minimum absolute atomic E-state index is 0.0992. The molecule has 2 aliphatic rings. The van der Waals surface area contributed by atoms with Crippen molar-refractivity contribution < 1.29 is 9.53 Å². The van der Waals surface area contributed by atoms with Crippen molar-refractivity contribution in [3.8, 4) is 0 Å². The summed E-state index contributed by atoms with van der Waals surface area (Å²) in [4.78, 5) is 21.8. The smallest absolute Gasteiger partial charge is 0.305 e. The SMILES string of the molecule is C=CC(C)CCC(=O)OCCN1CCN(CCCN2c3ccccc3Sc3ccc(Cl)cc32)CC1. The predicted molar refractivity (Wildman–Crippen MR) is 146 cm³/mol. The Morgan fingerprint density at radius 3 is 2.54 bits per heavy atom. The summed E-state index contributed by atoms with van der Waals surface area (Å²) in [5.74, 6) is 0.254. The maximum atomic E-state index is 11.9. The Bertz CT molecular complexity index is 1010. The van der Waals surface area contributed by atoms with Gasteiger partial charge in [-0.15, -0.1) is 6.58 Å². The molecule has 0 radical (unpaired) electrons. The van der Waals surface area contributed by atoms with Crippen molar-refractivity contribution in [2.24, 2.45) is 5.92 Å². The average molecular weight is 514 g/mol. The van der Waals surface area contributed by atoms with Crippen molar-refractivity contribution in [1.82, 2.24) is 9.80 Å². The maximum Gasteiger partial charge on any atom is 0.305 e. The third kappa shape index (κ3) is 7.26. The van der Waals surface area contributed by atoms with Crippen molar-refractivity contribution in [1.29, 1.82) is 0 Å². The van der Waals surface area contributed by atoms with Crippen LogP contribution in [0.2, 0.25) is 5.02 Å². The molecule has 2 aromatic carbocycles. The number of hydrogen-bond donors (Lipinski definition) is 0. The lowest BCUT2D eigenvalue weighted by Crippen LogP contribution is -2.47. The fourth-order valence-corrected chi connectivity index (χ4v) is 5.80. The van der Waals surface area contributed by atoms with Crippen LogP contribution in [0.25, 0.3) is 0 Å². The summed E-state index contributed by atoms with van der Waals surface area (Å²) in [6, 6.07) is 14.8. The van der Waals surface area contributed by atoms with Gasteiger partial charge in [0.15, 0.2) is 0 Å². The van der Waals surface area contributed by atoms with Gasteiger partial charge >= 0.3 is 5.97 Å². The summed E-state index contributed by atoms with van der Waals surface area (Å²) < 4.78 is 5.42. The molecular weight excluding hydrogens is 478 g/mol. The number of nitrogens with zero attached hydrogens (tertiary/aromatic N) is 3. The van der Waals surface area contributed by atoms with Gasteiger partial charge < -0.3 is 14.5 Å². The number of carbonyl (C=O) groups excluding carboxylic acids is 1. The monoisotopic (exact) mass is 513 g/mol. The van der Waals surface area contributed by atoms with Crippen LogP contribution in [0.15, 0.2) is 64.9 Å². The predicted octanol–water partition coefficient (Wildman–Crippen LogP) is 6.10. The van der Waals surface area contributed by atoms with E-state index < -0.39 is 0 Å². The quantitative estimate of drug-likeness (QED) is 0.267. The number of hydrogen-bond acceptors (Lipinski definition) is 6. The van der Waals surface area contributed by atoms with Crippen LogP contribution < -0.4 is 4.90 Å². The molecular formula is C28H36ClN3O2S. The van der Waals surface area contributed by atoms with E-state index in [1.807, 2.05) is 23.9 Å². The normalized spacial score (nSPS) is 16.9. The number of fused-ring (bicyclic) bond motifs is 2.